The Morgan fingerprint density at radius 2 is 1.73 bits per heavy atom. The van der Waals surface area contributed by atoms with Crippen molar-refractivity contribution < 1.29 is 5.11 Å². The maximum Gasteiger partial charge on any atom is 0.137 e. The Kier molecular flexibility index (Phi) is 4.00. The van der Waals surface area contributed by atoms with Crippen LogP contribution in [0.2, 0.25) is 5.02 Å². The standard InChI is InChI=1S/C12H18ClNO/c1-7-8(2)12(15)11(13)9(3)10(7)5-4-6-14/h15H,4-6,14H2,1-3H3. The van der Waals surface area contributed by atoms with E-state index in [4.69, 9.17) is 17.3 Å². The lowest BCUT2D eigenvalue weighted by molar-refractivity contribution is 0.470. The van der Waals surface area contributed by atoms with Gasteiger partial charge in [-0.1, -0.05) is 11.6 Å². The van der Waals surface area contributed by atoms with Crippen LogP contribution in [0.25, 0.3) is 0 Å². The lowest BCUT2D eigenvalue weighted by atomic mass is 9.94. The number of nitrogens with two attached hydrogens (primary N) is 1. The van der Waals surface area contributed by atoms with Gasteiger partial charge in [0.25, 0.3) is 0 Å². The second-order valence-electron chi connectivity index (χ2n) is 3.91. The Labute approximate surface area is 96.1 Å². The predicted octanol–water partition coefficient (Wildman–Crippen LogP) is 2.86. The van der Waals surface area contributed by atoms with Gasteiger partial charge in [-0.05, 0) is 62.4 Å². The van der Waals surface area contributed by atoms with Gasteiger partial charge in [0.05, 0.1) is 5.02 Å². The number of hydrogen-bond acceptors (Lipinski definition) is 2. The molecular formula is C12H18ClNO. The number of rotatable bonds is 3. The second kappa shape index (κ2) is 4.86. The third-order valence-electron chi connectivity index (χ3n) is 2.99. The summed E-state index contributed by atoms with van der Waals surface area (Å²) in [6, 6.07) is 0. The monoisotopic (exact) mass is 227 g/mol. The molecule has 3 heteroatoms. The number of hydrogen-bond donors (Lipinski definition) is 2. The van der Waals surface area contributed by atoms with Crippen molar-refractivity contribution in [1.82, 2.24) is 0 Å². The largest absolute Gasteiger partial charge is 0.506 e. The highest BCUT2D eigenvalue weighted by Gasteiger charge is 2.14. The van der Waals surface area contributed by atoms with E-state index < -0.39 is 0 Å². The number of halogens is 1. The molecule has 0 saturated carbocycles. The molecule has 3 N–H and O–H groups in total. The molecule has 0 atom stereocenters. The summed E-state index contributed by atoms with van der Waals surface area (Å²) in [6.45, 7) is 6.53. The summed E-state index contributed by atoms with van der Waals surface area (Å²) in [5, 5.41) is 10.2. The third-order valence-corrected chi connectivity index (χ3v) is 3.45. The highest BCUT2D eigenvalue weighted by atomic mass is 35.5. The summed E-state index contributed by atoms with van der Waals surface area (Å²) in [6.07, 6.45) is 1.87. The number of phenols is 1. The average molecular weight is 228 g/mol. The summed E-state index contributed by atoms with van der Waals surface area (Å²) in [7, 11) is 0. The fourth-order valence-corrected chi connectivity index (χ4v) is 2.07. The molecule has 0 aliphatic heterocycles. The van der Waals surface area contributed by atoms with Crippen LogP contribution in [0.3, 0.4) is 0 Å². The molecule has 0 aromatic heterocycles. The normalized spacial score (nSPS) is 10.7. The Balaban J connectivity index is 3.26. The number of benzene rings is 1. The van der Waals surface area contributed by atoms with Gasteiger partial charge in [-0.15, -0.1) is 0 Å². The fourth-order valence-electron chi connectivity index (χ4n) is 1.81. The first-order valence-electron chi connectivity index (χ1n) is 5.17. The van der Waals surface area contributed by atoms with Crippen molar-refractivity contribution in [2.75, 3.05) is 6.54 Å². The predicted molar refractivity (Wildman–Crippen MR) is 64.7 cm³/mol. The van der Waals surface area contributed by atoms with E-state index in [9.17, 15) is 5.11 Å². The van der Waals surface area contributed by atoms with Crippen LogP contribution in [0.4, 0.5) is 0 Å². The first-order valence-corrected chi connectivity index (χ1v) is 5.55. The van der Waals surface area contributed by atoms with Crippen molar-refractivity contribution in [3.8, 4) is 5.75 Å². The molecule has 1 aromatic carbocycles. The molecule has 0 spiro atoms. The van der Waals surface area contributed by atoms with Crippen LogP contribution in [-0.2, 0) is 6.42 Å². The summed E-state index contributed by atoms with van der Waals surface area (Å²) in [5.41, 5.74) is 9.70. The molecule has 0 aliphatic carbocycles. The Morgan fingerprint density at radius 3 is 2.27 bits per heavy atom. The van der Waals surface area contributed by atoms with E-state index in [-0.39, 0.29) is 5.75 Å². The van der Waals surface area contributed by atoms with E-state index in [1.807, 2.05) is 20.8 Å². The number of aromatic hydroxyl groups is 1. The van der Waals surface area contributed by atoms with E-state index in [1.165, 1.54) is 5.56 Å². The van der Waals surface area contributed by atoms with Crippen LogP contribution < -0.4 is 5.73 Å². The van der Waals surface area contributed by atoms with Gasteiger partial charge in [0, 0.05) is 0 Å². The first-order chi connectivity index (χ1) is 7.00. The summed E-state index contributed by atoms with van der Waals surface area (Å²) >= 11 is 6.06. The van der Waals surface area contributed by atoms with Gasteiger partial charge in [0.1, 0.15) is 5.75 Å². The van der Waals surface area contributed by atoms with E-state index >= 15 is 0 Å². The summed E-state index contributed by atoms with van der Waals surface area (Å²) in [5.74, 6) is 0.211. The van der Waals surface area contributed by atoms with Crippen LogP contribution in [0, 0.1) is 20.8 Å². The third kappa shape index (κ3) is 2.27. The average Bonchev–Trinajstić information content (AvgIpc) is 2.24. The Morgan fingerprint density at radius 1 is 1.13 bits per heavy atom. The zero-order chi connectivity index (χ0) is 11.6. The molecule has 1 aromatic rings. The van der Waals surface area contributed by atoms with Crippen molar-refractivity contribution in [3.63, 3.8) is 0 Å². The van der Waals surface area contributed by atoms with Gasteiger partial charge in [0.2, 0.25) is 0 Å². The molecule has 0 unspecified atom stereocenters. The molecule has 1 rings (SSSR count). The van der Waals surface area contributed by atoms with E-state index in [2.05, 4.69) is 0 Å². The van der Waals surface area contributed by atoms with E-state index in [0.29, 0.717) is 11.6 Å². The topological polar surface area (TPSA) is 46.2 Å². The van der Waals surface area contributed by atoms with Gasteiger partial charge >= 0.3 is 0 Å². The summed E-state index contributed by atoms with van der Waals surface area (Å²) < 4.78 is 0. The minimum atomic E-state index is 0.211. The van der Waals surface area contributed by atoms with Crippen molar-refractivity contribution in [2.24, 2.45) is 5.73 Å². The Bertz CT molecular complexity index is 345. The molecule has 0 radical (unpaired) electrons. The highest BCUT2D eigenvalue weighted by Crippen LogP contribution is 2.36. The maximum atomic E-state index is 9.76. The molecule has 0 amide bonds. The van der Waals surface area contributed by atoms with E-state index in [0.717, 1.165) is 29.5 Å². The van der Waals surface area contributed by atoms with Crippen LogP contribution in [0.5, 0.6) is 5.75 Å². The molecule has 0 saturated heterocycles. The summed E-state index contributed by atoms with van der Waals surface area (Å²) in [4.78, 5) is 0. The van der Waals surface area contributed by atoms with Crippen LogP contribution in [0.1, 0.15) is 28.7 Å². The fraction of sp³-hybridized carbons (Fsp3) is 0.500. The second-order valence-corrected chi connectivity index (χ2v) is 4.29. The molecule has 0 bridgehead atoms. The highest BCUT2D eigenvalue weighted by molar-refractivity contribution is 6.33. The van der Waals surface area contributed by atoms with Crippen LogP contribution in [0.15, 0.2) is 0 Å². The van der Waals surface area contributed by atoms with Crippen molar-refractivity contribution >= 4 is 11.6 Å². The molecule has 2 nitrogen and oxygen atoms in total. The molecule has 0 aliphatic rings. The van der Waals surface area contributed by atoms with Gasteiger partial charge in [0.15, 0.2) is 0 Å². The smallest absolute Gasteiger partial charge is 0.137 e. The van der Waals surface area contributed by atoms with Crippen molar-refractivity contribution in [2.45, 2.75) is 33.6 Å². The SMILES string of the molecule is Cc1c(C)c(CCCN)c(C)c(Cl)c1O. The molecule has 0 fully saturated rings. The zero-order valence-electron chi connectivity index (χ0n) is 9.52. The zero-order valence-corrected chi connectivity index (χ0v) is 10.3. The minimum Gasteiger partial charge on any atom is -0.506 e. The molecular weight excluding hydrogens is 210 g/mol. The lowest BCUT2D eigenvalue weighted by Crippen LogP contribution is -2.04. The number of phenolic OH excluding ortho intramolecular Hbond substituents is 1. The molecule has 15 heavy (non-hydrogen) atoms. The lowest BCUT2D eigenvalue weighted by Gasteiger charge is -2.15. The van der Waals surface area contributed by atoms with Gasteiger partial charge in [-0.25, -0.2) is 0 Å². The van der Waals surface area contributed by atoms with Gasteiger partial charge < -0.3 is 10.8 Å². The van der Waals surface area contributed by atoms with Crippen molar-refractivity contribution in [1.29, 1.82) is 0 Å². The van der Waals surface area contributed by atoms with Crippen LogP contribution >= 0.6 is 11.6 Å². The molecule has 84 valence electrons. The van der Waals surface area contributed by atoms with Gasteiger partial charge in [-0.2, -0.15) is 0 Å². The molecule has 0 heterocycles. The minimum absolute atomic E-state index is 0.211. The van der Waals surface area contributed by atoms with Crippen LogP contribution in [-0.4, -0.2) is 11.7 Å². The van der Waals surface area contributed by atoms with Crippen molar-refractivity contribution in [3.05, 3.63) is 27.3 Å². The quantitative estimate of drug-likeness (QED) is 0.834. The Hall–Kier alpha value is -0.730. The first kappa shape index (κ1) is 12.3. The maximum absolute atomic E-state index is 9.76. The van der Waals surface area contributed by atoms with Gasteiger partial charge in [-0.3, -0.25) is 0 Å². The van der Waals surface area contributed by atoms with E-state index in [1.54, 1.807) is 0 Å².